The van der Waals surface area contributed by atoms with E-state index in [0.29, 0.717) is 72.3 Å². The fraction of sp³-hybridized carbons (Fsp3) is 0.549. The molecular weight excluding hydrogens is 783 g/mol. The quantitative estimate of drug-likeness (QED) is 0.0467. The molecule has 11 nitrogen and oxygen atoms in total. The van der Waals surface area contributed by atoms with Gasteiger partial charge in [-0.15, -0.1) is 0 Å². The molecule has 8 rings (SSSR count). The largest absolute Gasteiger partial charge is 0.508 e. The Hall–Kier alpha value is -4.89. The number of hydrogen-bond acceptors (Lipinski definition) is 9. The number of nitrogens with two attached hydrogens (primary N) is 2. The molecule has 1 saturated carbocycles. The summed E-state index contributed by atoms with van der Waals surface area (Å²) in [7, 11) is 1.70. The van der Waals surface area contributed by atoms with Crippen LogP contribution in [0.2, 0.25) is 0 Å². The topological polar surface area (TPSA) is 182 Å². The third-order valence-corrected chi connectivity index (χ3v) is 14.5. The molecule has 1 fully saturated rings. The molecule has 0 radical (unpaired) electrons. The maximum atomic E-state index is 12.2. The van der Waals surface area contributed by atoms with Crippen molar-refractivity contribution in [3.05, 3.63) is 76.4 Å². The van der Waals surface area contributed by atoms with Crippen LogP contribution in [0.15, 0.2) is 53.5 Å². The maximum Gasteiger partial charge on any atom is 0.185 e. The molecule has 5 aliphatic rings. The lowest BCUT2D eigenvalue weighted by Crippen LogP contribution is -2.44. The molecule has 3 aromatic carbocycles. The molecule has 11 heteroatoms. The van der Waals surface area contributed by atoms with Crippen molar-refractivity contribution in [2.45, 2.75) is 109 Å². The van der Waals surface area contributed by atoms with Crippen LogP contribution in [-0.2, 0) is 19.3 Å². The Bertz CT molecular complexity index is 2220. The van der Waals surface area contributed by atoms with Crippen molar-refractivity contribution in [3.63, 3.8) is 0 Å². The van der Waals surface area contributed by atoms with E-state index in [4.69, 9.17) is 30.4 Å². The van der Waals surface area contributed by atoms with Crippen LogP contribution < -0.4 is 30.4 Å². The lowest BCUT2D eigenvalue weighted by molar-refractivity contribution is -0.0157. The fourth-order valence-electron chi connectivity index (χ4n) is 11.4. The van der Waals surface area contributed by atoms with Gasteiger partial charge in [0.05, 0.1) is 13.2 Å². The second-order valence-corrected chi connectivity index (χ2v) is 18.7. The van der Waals surface area contributed by atoms with Crippen molar-refractivity contribution < 1.29 is 39.4 Å². The number of aliphatic hydroxyl groups is 3. The highest BCUT2D eigenvalue weighted by molar-refractivity contribution is 5.84. The molecule has 0 bridgehead atoms. The average Bonchev–Trinajstić information content (AvgIpc) is 3.34. The van der Waals surface area contributed by atoms with Crippen LogP contribution in [0.5, 0.6) is 28.7 Å². The number of guanidine groups is 1. The van der Waals surface area contributed by atoms with Gasteiger partial charge in [0.2, 0.25) is 0 Å². The number of ether oxygens (including phenoxy) is 4. The number of hydrogen-bond donors (Lipinski definition) is 6. The van der Waals surface area contributed by atoms with E-state index in [1.807, 2.05) is 30.3 Å². The summed E-state index contributed by atoms with van der Waals surface area (Å²) in [6.07, 6.45) is 13.2. The van der Waals surface area contributed by atoms with Crippen LogP contribution >= 0.6 is 0 Å². The van der Waals surface area contributed by atoms with Gasteiger partial charge in [0.1, 0.15) is 35.6 Å². The standard InChI is InChI=1S/C51H65N3O8/c1-5-29-20-32(10-8-30(29)15-17-55)38-21-35-23-41(57)36(19-28(2)3)22-39(35)48-46(59-4)26-44-40(47(38)48)25-42(58)50(61-44)33-12-13-43-45(24-33)62-49-31(7-6-18-60-43)9-11-34(27-56)37(49)14-16-54-51(52)53/h8,10,12-13,22-24,26,28-32,34,37-38,42,49-50,55-58H,5,7,9,11,14-17,19-21,25,27H2,1-4H3,(H4,52,53,54). The van der Waals surface area contributed by atoms with Gasteiger partial charge >= 0.3 is 0 Å². The average molecular weight is 848 g/mol. The molecule has 8 N–H and O–H groups in total. The molecule has 332 valence electrons. The molecular formula is C51H65N3O8. The van der Waals surface area contributed by atoms with Crippen molar-refractivity contribution >= 4 is 5.96 Å². The Morgan fingerprint density at radius 2 is 1.82 bits per heavy atom. The Balaban J connectivity index is 1.19. The predicted octanol–water partition coefficient (Wildman–Crippen LogP) is 7.33. The number of phenolic OH excluding ortho intramolecular Hbond substituents is 1. The summed E-state index contributed by atoms with van der Waals surface area (Å²) >= 11 is 0. The zero-order valence-electron chi connectivity index (χ0n) is 36.7. The number of benzene rings is 3. The predicted molar refractivity (Wildman–Crippen MR) is 240 cm³/mol. The Kier molecular flexibility index (Phi) is 13.3. The van der Waals surface area contributed by atoms with E-state index in [2.05, 4.69) is 56.0 Å². The number of nitrogens with zero attached hydrogens (tertiary/aromatic N) is 1. The molecule has 0 aromatic heterocycles. The van der Waals surface area contributed by atoms with Crippen LogP contribution in [0, 0.1) is 53.5 Å². The van der Waals surface area contributed by atoms with Crippen molar-refractivity contribution in [2.75, 3.05) is 26.9 Å². The van der Waals surface area contributed by atoms with Gasteiger partial charge in [-0.05, 0) is 133 Å². The van der Waals surface area contributed by atoms with E-state index < -0.39 is 12.2 Å². The minimum Gasteiger partial charge on any atom is -0.508 e. The van der Waals surface area contributed by atoms with Gasteiger partial charge in [0.15, 0.2) is 17.5 Å². The van der Waals surface area contributed by atoms with E-state index in [1.54, 1.807) is 7.11 Å². The summed E-state index contributed by atoms with van der Waals surface area (Å²) in [5.74, 6) is 7.41. The van der Waals surface area contributed by atoms with Gasteiger partial charge in [-0.25, -0.2) is 0 Å². The minimum absolute atomic E-state index is 0.0176. The van der Waals surface area contributed by atoms with Crippen LogP contribution in [0.3, 0.4) is 0 Å². The van der Waals surface area contributed by atoms with Crippen molar-refractivity contribution in [2.24, 2.45) is 57.9 Å². The van der Waals surface area contributed by atoms with Gasteiger partial charge in [-0.3, -0.25) is 4.99 Å². The number of rotatable bonds is 12. The summed E-state index contributed by atoms with van der Waals surface area (Å²) in [5, 5.41) is 43.9. The molecule has 0 amide bonds. The molecule has 62 heavy (non-hydrogen) atoms. The first-order chi connectivity index (χ1) is 30.0. The summed E-state index contributed by atoms with van der Waals surface area (Å²) in [5.41, 5.74) is 18.3. The lowest BCUT2D eigenvalue weighted by Gasteiger charge is -2.42. The van der Waals surface area contributed by atoms with Gasteiger partial charge < -0.3 is 50.8 Å². The van der Waals surface area contributed by atoms with Gasteiger partial charge in [0, 0.05) is 61.6 Å². The van der Waals surface area contributed by atoms with Crippen molar-refractivity contribution in [1.82, 2.24) is 0 Å². The Morgan fingerprint density at radius 1 is 0.984 bits per heavy atom. The molecule has 0 saturated heterocycles. The summed E-state index contributed by atoms with van der Waals surface area (Å²) in [6, 6.07) is 11.7. The SMILES string of the molecule is CCC1CC(C2Cc3cc(O)c(CC(C)C)cc3-c3c(OC)cc4c(c32)CC(O)C(c2ccc3c(c2)OC2C(CC#CO3)CCC(CO)C2CCN=C(N)N)O4)C=CC1CCO. The summed E-state index contributed by atoms with van der Waals surface area (Å²) in [4.78, 5) is 4.25. The number of allylic oxidation sites excluding steroid dienone is 2. The molecule has 10 atom stereocenters. The molecule has 3 aromatic rings. The number of methoxy groups -OCH3 is 1. The Labute approximate surface area is 366 Å². The third-order valence-electron chi connectivity index (χ3n) is 14.5. The van der Waals surface area contributed by atoms with Gasteiger partial charge in [0.25, 0.3) is 0 Å². The zero-order valence-corrected chi connectivity index (χ0v) is 36.7. The zero-order chi connectivity index (χ0) is 43.7. The number of aromatic hydroxyl groups is 1. The Morgan fingerprint density at radius 3 is 2.56 bits per heavy atom. The van der Waals surface area contributed by atoms with Crippen molar-refractivity contribution in [3.8, 4) is 51.9 Å². The van der Waals surface area contributed by atoms with E-state index in [0.717, 1.165) is 83.9 Å². The van der Waals surface area contributed by atoms with E-state index in [9.17, 15) is 20.4 Å². The summed E-state index contributed by atoms with van der Waals surface area (Å²) in [6.45, 7) is 7.18. The van der Waals surface area contributed by atoms with Crippen LogP contribution in [0.1, 0.15) is 106 Å². The maximum absolute atomic E-state index is 12.2. The van der Waals surface area contributed by atoms with Crippen LogP contribution in [0.4, 0.5) is 0 Å². The second kappa shape index (κ2) is 18.8. The van der Waals surface area contributed by atoms with E-state index >= 15 is 0 Å². The number of aliphatic hydroxyl groups excluding tert-OH is 3. The minimum atomic E-state index is -0.888. The monoisotopic (exact) mass is 847 g/mol. The third kappa shape index (κ3) is 8.71. The first-order valence-corrected chi connectivity index (χ1v) is 22.9. The molecule has 0 spiro atoms. The van der Waals surface area contributed by atoms with Crippen LogP contribution in [-0.4, -0.2) is 65.5 Å². The molecule has 10 unspecified atom stereocenters. The first kappa shape index (κ1) is 43.7. The highest BCUT2D eigenvalue weighted by Gasteiger charge is 2.44. The van der Waals surface area contributed by atoms with E-state index in [1.165, 1.54) is 0 Å². The normalized spacial score (nSPS) is 28.3. The van der Waals surface area contributed by atoms with Crippen molar-refractivity contribution in [1.29, 1.82) is 0 Å². The van der Waals surface area contributed by atoms with Crippen LogP contribution in [0.25, 0.3) is 11.1 Å². The number of fused-ring (bicyclic) bond motifs is 7. The van der Waals surface area contributed by atoms with Gasteiger partial charge in [-0.2, -0.15) is 0 Å². The molecule has 3 aliphatic carbocycles. The molecule has 2 aliphatic heterocycles. The van der Waals surface area contributed by atoms with Gasteiger partial charge in [-0.1, -0.05) is 51.3 Å². The second-order valence-electron chi connectivity index (χ2n) is 18.7. The number of phenols is 1. The highest BCUT2D eigenvalue weighted by atomic mass is 16.5. The highest BCUT2D eigenvalue weighted by Crippen LogP contribution is 2.56. The first-order valence-electron chi connectivity index (χ1n) is 22.9. The lowest BCUT2D eigenvalue weighted by atomic mass is 9.65. The smallest absolute Gasteiger partial charge is 0.185 e. The number of aliphatic imine (C=N–C) groups is 1. The molecule has 2 heterocycles. The van der Waals surface area contributed by atoms with E-state index in [-0.39, 0.29) is 54.9 Å². The summed E-state index contributed by atoms with van der Waals surface area (Å²) < 4.78 is 26.1. The fourth-order valence-corrected chi connectivity index (χ4v) is 11.4.